The molecule has 0 aliphatic heterocycles. The number of aromatic nitrogens is 5. The number of nitrogens with one attached hydrogen (secondary N) is 1. The topological polar surface area (TPSA) is 126 Å². The fourth-order valence-electron chi connectivity index (χ4n) is 2.97. The van der Waals surface area contributed by atoms with Gasteiger partial charge in [0.2, 0.25) is 0 Å². The molecule has 4 heterocycles. The van der Waals surface area contributed by atoms with Crippen molar-refractivity contribution in [1.82, 2.24) is 24.9 Å². The maximum Gasteiger partial charge on any atom is 0.159 e. The Balaban J connectivity index is 1.83. The highest BCUT2D eigenvalue weighted by Crippen LogP contribution is 2.30. The molecule has 28 heavy (non-hydrogen) atoms. The van der Waals surface area contributed by atoms with Crippen LogP contribution in [0, 0.1) is 11.3 Å². The molecule has 0 radical (unpaired) electrons. The SMILES string of the molecule is C[C@H](Nc1ncnc(N)c1C#N)c1nc2ncccc2cc1-c1ccccn1. The van der Waals surface area contributed by atoms with Gasteiger partial charge < -0.3 is 11.1 Å². The van der Waals surface area contributed by atoms with E-state index in [4.69, 9.17) is 10.7 Å². The van der Waals surface area contributed by atoms with Crippen LogP contribution < -0.4 is 11.1 Å². The van der Waals surface area contributed by atoms with E-state index in [1.807, 2.05) is 49.4 Å². The Bertz CT molecular complexity index is 1180. The van der Waals surface area contributed by atoms with Gasteiger partial charge in [0.15, 0.2) is 5.65 Å². The number of nitrogen functional groups attached to an aromatic ring is 1. The van der Waals surface area contributed by atoms with E-state index in [9.17, 15) is 5.26 Å². The maximum atomic E-state index is 9.37. The Hall–Kier alpha value is -4.12. The zero-order valence-corrected chi connectivity index (χ0v) is 15.0. The minimum absolute atomic E-state index is 0.130. The van der Waals surface area contributed by atoms with Gasteiger partial charge in [-0.05, 0) is 37.3 Å². The van der Waals surface area contributed by atoms with Crippen molar-refractivity contribution in [3.63, 3.8) is 0 Å². The number of nitrogens with two attached hydrogens (primary N) is 1. The van der Waals surface area contributed by atoms with Crippen LogP contribution in [0.4, 0.5) is 11.6 Å². The Morgan fingerprint density at radius 3 is 2.71 bits per heavy atom. The molecular weight excluding hydrogens is 352 g/mol. The van der Waals surface area contributed by atoms with Crippen LogP contribution in [-0.4, -0.2) is 24.9 Å². The lowest BCUT2D eigenvalue weighted by molar-refractivity contribution is 0.836. The van der Waals surface area contributed by atoms with Crippen LogP contribution in [-0.2, 0) is 0 Å². The number of pyridine rings is 3. The normalized spacial score (nSPS) is 11.7. The summed E-state index contributed by atoms with van der Waals surface area (Å²) in [5, 5.41) is 13.5. The van der Waals surface area contributed by atoms with Gasteiger partial charge in [-0.3, -0.25) is 4.98 Å². The van der Waals surface area contributed by atoms with Gasteiger partial charge in [-0.2, -0.15) is 5.26 Å². The highest BCUT2D eigenvalue weighted by molar-refractivity contribution is 5.82. The van der Waals surface area contributed by atoms with Crippen molar-refractivity contribution < 1.29 is 0 Å². The molecule has 0 amide bonds. The molecule has 8 heteroatoms. The Labute approximate surface area is 161 Å². The average molecular weight is 368 g/mol. The van der Waals surface area contributed by atoms with E-state index in [0.717, 1.165) is 22.3 Å². The summed E-state index contributed by atoms with van der Waals surface area (Å²) in [4.78, 5) is 21.6. The van der Waals surface area contributed by atoms with Gasteiger partial charge in [0.05, 0.1) is 17.4 Å². The molecular formula is C20H16N8. The van der Waals surface area contributed by atoms with Crippen molar-refractivity contribution in [3.05, 3.63) is 66.4 Å². The molecule has 4 aromatic rings. The van der Waals surface area contributed by atoms with Gasteiger partial charge >= 0.3 is 0 Å². The van der Waals surface area contributed by atoms with Crippen molar-refractivity contribution in [2.75, 3.05) is 11.1 Å². The van der Waals surface area contributed by atoms with E-state index in [2.05, 4.69) is 25.3 Å². The van der Waals surface area contributed by atoms with Crippen molar-refractivity contribution in [3.8, 4) is 17.3 Å². The summed E-state index contributed by atoms with van der Waals surface area (Å²) < 4.78 is 0. The summed E-state index contributed by atoms with van der Waals surface area (Å²) in [7, 11) is 0. The van der Waals surface area contributed by atoms with Crippen molar-refractivity contribution in [2.24, 2.45) is 0 Å². The third-order valence-corrected chi connectivity index (χ3v) is 4.31. The molecule has 0 bridgehead atoms. The third kappa shape index (κ3) is 3.17. The molecule has 0 aliphatic carbocycles. The van der Waals surface area contributed by atoms with Crippen molar-refractivity contribution >= 4 is 22.7 Å². The zero-order valence-electron chi connectivity index (χ0n) is 15.0. The molecule has 0 aliphatic rings. The lowest BCUT2D eigenvalue weighted by Gasteiger charge is -2.19. The first-order chi connectivity index (χ1) is 13.7. The van der Waals surface area contributed by atoms with Gasteiger partial charge in [0.25, 0.3) is 0 Å². The number of anilines is 2. The number of rotatable bonds is 4. The van der Waals surface area contributed by atoms with Gasteiger partial charge in [-0.15, -0.1) is 0 Å². The van der Waals surface area contributed by atoms with Crippen LogP contribution in [0.15, 0.2) is 55.1 Å². The molecule has 0 aromatic carbocycles. The smallest absolute Gasteiger partial charge is 0.159 e. The van der Waals surface area contributed by atoms with Crippen LogP contribution in [0.25, 0.3) is 22.3 Å². The molecule has 4 aromatic heterocycles. The number of fused-ring (bicyclic) bond motifs is 1. The van der Waals surface area contributed by atoms with E-state index in [-0.39, 0.29) is 17.4 Å². The second-order valence-corrected chi connectivity index (χ2v) is 6.15. The van der Waals surface area contributed by atoms with Crippen LogP contribution in [0.3, 0.4) is 0 Å². The van der Waals surface area contributed by atoms with E-state index in [0.29, 0.717) is 11.5 Å². The fraction of sp³-hybridized carbons (Fsp3) is 0.100. The number of nitrogens with zero attached hydrogens (tertiary/aromatic N) is 6. The molecule has 1 atom stereocenters. The number of nitriles is 1. The third-order valence-electron chi connectivity index (χ3n) is 4.31. The van der Waals surface area contributed by atoms with Gasteiger partial charge in [0.1, 0.15) is 29.6 Å². The zero-order chi connectivity index (χ0) is 19.5. The first-order valence-electron chi connectivity index (χ1n) is 8.61. The molecule has 0 unspecified atom stereocenters. The predicted molar refractivity (Wildman–Crippen MR) is 106 cm³/mol. The molecule has 4 rings (SSSR count). The summed E-state index contributed by atoms with van der Waals surface area (Å²) >= 11 is 0. The monoisotopic (exact) mass is 368 g/mol. The van der Waals surface area contributed by atoms with Crippen LogP contribution in [0.5, 0.6) is 0 Å². The Morgan fingerprint density at radius 2 is 1.93 bits per heavy atom. The molecule has 8 nitrogen and oxygen atoms in total. The summed E-state index contributed by atoms with van der Waals surface area (Å²) in [6, 6.07) is 13.3. The predicted octanol–water partition coefficient (Wildman–Crippen LogP) is 3.11. The lowest BCUT2D eigenvalue weighted by Crippen LogP contribution is -2.14. The average Bonchev–Trinajstić information content (AvgIpc) is 2.73. The maximum absolute atomic E-state index is 9.37. The molecule has 0 spiro atoms. The second kappa shape index (κ2) is 7.25. The number of hydrogen-bond donors (Lipinski definition) is 2. The van der Waals surface area contributed by atoms with Crippen LogP contribution >= 0.6 is 0 Å². The van der Waals surface area contributed by atoms with Gasteiger partial charge in [-0.25, -0.2) is 19.9 Å². The molecule has 0 saturated heterocycles. The van der Waals surface area contributed by atoms with E-state index in [1.165, 1.54) is 6.33 Å². The summed E-state index contributed by atoms with van der Waals surface area (Å²) in [6.07, 6.45) is 4.76. The fourth-order valence-corrected chi connectivity index (χ4v) is 2.97. The summed E-state index contributed by atoms with van der Waals surface area (Å²) in [6.45, 7) is 1.93. The first-order valence-corrected chi connectivity index (χ1v) is 8.61. The minimum Gasteiger partial charge on any atom is -0.382 e. The van der Waals surface area contributed by atoms with Crippen molar-refractivity contribution in [2.45, 2.75) is 13.0 Å². The highest BCUT2D eigenvalue weighted by atomic mass is 15.1. The van der Waals surface area contributed by atoms with E-state index in [1.54, 1.807) is 12.4 Å². The van der Waals surface area contributed by atoms with Crippen LogP contribution in [0.1, 0.15) is 24.2 Å². The van der Waals surface area contributed by atoms with E-state index >= 15 is 0 Å². The number of hydrogen-bond acceptors (Lipinski definition) is 8. The first kappa shape index (κ1) is 17.3. The molecule has 136 valence electrons. The van der Waals surface area contributed by atoms with Gasteiger partial charge in [-0.1, -0.05) is 6.07 Å². The van der Waals surface area contributed by atoms with E-state index < -0.39 is 0 Å². The summed E-state index contributed by atoms with van der Waals surface area (Å²) in [5.74, 6) is 0.489. The highest BCUT2D eigenvalue weighted by Gasteiger charge is 2.19. The van der Waals surface area contributed by atoms with Crippen molar-refractivity contribution in [1.29, 1.82) is 5.26 Å². The minimum atomic E-state index is -0.287. The largest absolute Gasteiger partial charge is 0.382 e. The lowest BCUT2D eigenvalue weighted by atomic mass is 10.0. The quantitative estimate of drug-likeness (QED) is 0.562. The van der Waals surface area contributed by atoms with Crippen LogP contribution in [0.2, 0.25) is 0 Å². The van der Waals surface area contributed by atoms with Gasteiger partial charge in [0, 0.05) is 23.3 Å². The molecule has 3 N–H and O–H groups in total. The molecule has 0 saturated carbocycles. The summed E-state index contributed by atoms with van der Waals surface area (Å²) in [5.41, 5.74) is 9.04. The standard InChI is InChI=1S/C20H16N8/c1-12(27-20-15(10-21)18(22)25-11-26-20)17-14(16-6-2-3-7-23-16)9-13-5-4-8-24-19(13)28-17/h2-9,11-12H,1H3,(H3,22,25,26,27)/t12-/m0/s1. The molecule has 0 fully saturated rings. The second-order valence-electron chi connectivity index (χ2n) is 6.15. The Kier molecular flexibility index (Phi) is 4.48. The Morgan fingerprint density at radius 1 is 1.07 bits per heavy atom.